The molecule has 0 aliphatic heterocycles. The van der Waals surface area contributed by atoms with Crippen molar-refractivity contribution >= 4 is 17.9 Å². The number of carbonyl (C=O) groups excluding carboxylic acids is 2. The Morgan fingerprint density at radius 2 is 1.53 bits per heavy atom. The monoisotopic (exact) mass is 516 g/mol. The van der Waals surface area contributed by atoms with Gasteiger partial charge in [0.05, 0.1) is 6.04 Å². The van der Waals surface area contributed by atoms with Gasteiger partial charge in [0.2, 0.25) is 11.8 Å². The standard InChI is InChI=1S/C31H37FN4O2/c1-36(22-21-34-30(37)19-16-24-14-17-27(32)18-15-24)29(13-8-20-33)31(38)35-23-28(25-9-4-2-5-10-25)26-11-6-3-7-12-26/h2-7,9-12,14-19,28-29H,8,13,20-23,33H2,1H3,(H,34,37)(H,35,38)/b19-16+/t29-/m0/s1. The smallest absolute Gasteiger partial charge is 0.244 e. The van der Waals surface area contributed by atoms with Gasteiger partial charge in [-0.25, -0.2) is 4.39 Å². The van der Waals surface area contributed by atoms with Gasteiger partial charge >= 0.3 is 0 Å². The number of likely N-dealkylation sites (N-methyl/N-ethyl adjacent to an activating group) is 1. The highest BCUT2D eigenvalue weighted by Crippen LogP contribution is 2.24. The van der Waals surface area contributed by atoms with Crippen molar-refractivity contribution in [1.29, 1.82) is 0 Å². The molecule has 3 rings (SSSR count). The first kappa shape index (κ1) is 28.8. The van der Waals surface area contributed by atoms with Crippen LogP contribution in [0.15, 0.2) is 91.0 Å². The largest absolute Gasteiger partial charge is 0.354 e. The van der Waals surface area contributed by atoms with Crippen molar-refractivity contribution in [3.05, 3.63) is 114 Å². The molecular weight excluding hydrogens is 479 g/mol. The van der Waals surface area contributed by atoms with E-state index in [4.69, 9.17) is 5.73 Å². The zero-order valence-electron chi connectivity index (χ0n) is 21.9. The van der Waals surface area contributed by atoms with Gasteiger partial charge in [0.15, 0.2) is 0 Å². The molecule has 0 aliphatic carbocycles. The average Bonchev–Trinajstić information content (AvgIpc) is 2.94. The van der Waals surface area contributed by atoms with E-state index in [-0.39, 0.29) is 29.6 Å². The quantitative estimate of drug-likeness (QED) is 0.283. The number of nitrogens with zero attached hydrogens (tertiary/aromatic N) is 1. The maximum atomic E-state index is 13.3. The van der Waals surface area contributed by atoms with Crippen LogP contribution < -0.4 is 16.4 Å². The Bertz CT molecular complexity index is 1110. The van der Waals surface area contributed by atoms with E-state index in [0.29, 0.717) is 32.6 Å². The zero-order valence-corrected chi connectivity index (χ0v) is 21.9. The molecule has 0 saturated heterocycles. The lowest BCUT2D eigenvalue weighted by molar-refractivity contribution is -0.126. The van der Waals surface area contributed by atoms with Gasteiger partial charge in [0, 0.05) is 31.6 Å². The summed E-state index contributed by atoms with van der Waals surface area (Å²) >= 11 is 0. The van der Waals surface area contributed by atoms with Crippen LogP contribution >= 0.6 is 0 Å². The summed E-state index contributed by atoms with van der Waals surface area (Å²) in [4.78, 5) is 27.5. The zero-order chi connectivity index (χ0) is 27.2. The third-order valence-electron chi connectivity index (χ3n) is 6.46. The third kappa shape index (κ3) is 9.25. The minimum Gasteiger partial charge on any atom is -0.354 e. The lowest BCUT2D eigenvalue weighted by Gasteiger charge is -2.28. The second-order valence-electron chi connectivity index (χ2n) is 9.22. The van der Waals surface area contributed by atoms with Crippen LogP contribution in [0, 0.1) is 5.82 Å². The highest BCUT2D eigenvalue weighted by atomic mass is 19.1. The molecule has 1 atom stereocenters. The summed E-state index contributed by atoms with van der Waals surface area (Å²) in [6, 6.07) is 25.9. The summed E-state index contributed by atoms with van der Waals surface area (Å²) in [5.41, 5.74) is 8.76. The third-order valence-corrected chi connectivity index (χ3v) is 6.46. The molecule has 0 aromatic heterocycles. The summed E-state index contributed by atoms with van der Waals surface area (Å²) in [6.07, 6.45) is 4.39. The van der Waals surface area contributed by atoms with Crippen molar-refractivity contribution in [2.24, 2.45) is 5.73 Å². The van der Waals surface area contributed by atoms with Crippen molar-refractivity contribution in [3.8, 4) is 0 Å². The number of nitrogens with two attached hydrogens (primary N) is 1. The first-order chi connectivity index (χ1) is 18.5. The molecule has 6 nitrogen and oxygen atoms in total. The fourth-order valence-corrected chi connectivity index (χ4v) is 4.30. The summed E-state index contributed by atoms with van der Waals surface area (Å²) in [5, 5.41) is 6.01. The summed E-state index contributed by atoms with van der Waals surface area (Å²) in [6.45, 7) is 1.86. The van der Waals surface area contributed by atoms with Crippen LogP contribution in [0.25, 0.3) is 6.08 Å². The molecule has 4 N–H and O–H groups in total. The molecule has 0 radical (unpaired) electrons. The van der Waals surface area contributed by atoms with Gasteiger partial charge < -0.3 is 16.4 Å². The van der Waals surface area contributed by atoms with Gasteiger partial charge in [0.1, 0.15) is 5.82 Å². The fraction of sp³-hybridized carbons (Fsp3) is 0.290. The van der Waals surface area contributed by atoms with E-state index in [1.807, 2.05) is 48.3 Å². The van der Waals surface area contributed by atoms with Gasteiger partial charge in [-0.3, -0.25) is 14.5 Å². The number of hydrogen-bond donors (Lipinski definition) is 3. The minimum atomic E-state index is -0.364. The van der Waals surface area contributed by atoms with Crippen LogP contribution in [0.4, 0.5) is 4.39 Å². The molecular formula is C31H37FN4O2. The predicted molar refractivity (Wildman–Crippen MR) is 151 cm³/mol. The van der Waals surface area contributed by atoms with Crippen LogP contribution in [-0.4, -0.2) is 56.0 Å². The van der Waals surface area contributed by atoms with Crippen LogP contribution in [0.5, 0.6) is 0 Å². The van der Waals surface area contributed by atoms with E-state index in [9.17, 15) is 14.0 Å². The van der Waals surface area contributed by atoms with Crippen LogP contribution in [0.3, 0.4) is 0 Å². The molecule has 38 heavy (non-hydrogen) atoms. The summed E-state index contributed by atoms with van der Waals surface area (Å²) in [7, 11) is 1.88. The van der Waals surface area contributed by atoms with Crippen molar-refractivity contribution in [1.82, 2.24) is 15.5 Å². The summed E-state index contributed by atoms with van der Waals surface area (Å²) < 4.78 is 13.0. The molecule has 0 bridgehead atoms. The van der Waals surface area contributed by atoms with Crippen molar-refractivity contribution in [2.75, 3.05) is 33.2 Å². The van der Waals surface area contributed by atoms with E-state index in [0.717, 1.165) is 23.1 Å². The Kier molecular flexibility index (Phi) is 11.7. The molecule has 3 aromatic carbocycles. The predicted octanol–water partition coefficient (Wildman–Crippen LogP) is 3.94. The minimum absolute atomic E-state index is 0.0361. The summed E-state index contributed by atoms with van der Waals surface area (Å²) in [5.74, 6) is -0.591. The normalized spacial score (nSPS) is 12.1. The van der Waals surface area contributed by atoms with E-state index in [2.05, 4.69) is 34.9 Å². The van der Waals surface area contributed by atoms with Gasteiger partial charge in [-0.1, -0.05) is 72.8 Å². The van der Waals surface area contributed by atoms with E-state index >= 15 is 0 Å². The van der Waals surface area contributed by atoms with E-state index in [1.54, 1.807) is 18.2 Å². The topological polar surface area (TPSA) is 87.5 Å². The molecule has 2 amide bonds. The van der Waals surface area contributed by atoms with Gasteiger partial charge in [0.25, 0.3) is 0 Å². The Balaban J connectivity index is 1.56. The maximum Gasteiger partial charge on any atom is 0.244 e. The number of amides is 2. The molecule has 0 aliphatic rings. The number of rotatable bonds is 14. The highest BCUT2D eigenvalue weighted by molar-refractivity contribution is 5.91. The van der Waals surface area contributed by atoms with Crippen molar-refractivity contribution in [3.63, 3.8) is 0 Å². The van der Waals surface area contributed by atoms with Gasteiger partial charge in [-0.15, -0.1) is 0 Å². The second kappa shape index (κ2) is 15.4. The molecule has 7 heteroatoms. The molecule has 3 aromatic rings. The van der Waals surface area contributed by atoms with Crippen LogP contribution in [0.1, 0.15) is 35.4 Å². The lowest BCUT2D eigenvalue weighted by Crippen LogP contribution is -2.48. The Hall–Kier alpha value is -3.81. The molecule has 0 unspecified atom stereocenters. The van der Waals surface area contributed by atoms with E-state index < -0.39 is 0 Å². The number of carbonyl (C=O) groups is 2. The Morgan fingerprint density at radius 1 is 0.921 bits per heavy atom. The van der Waals surface area contributed by atoms with Crippen molar-refractivity contribution < 1.29 is 14.0 Å². The first-order valence-electron chi connectivity index (χ1n) is 13.0. The van der Waals surface area contributed by atoms with Gasteiger partial charge in [-0.05, 0) is 61.3 Å². The highest BCUT2D eigenvalue weighted by Gasteiger charge is 2.24. The average molecular weight is 517 g/mol. The first-order valence-corrected chi connectivity index (χ1v) is 13.0. The molecule has 0 fully saturated rings. The number of nitrogens with one attached hydrogen (secondary N) is 2. The molecule has 0 spiro atoms. The molecule has 200 valence electrons. The number of hydrogen-bond acceptors (Lipinski definition) is 4. The fourth-order valence-electron chi connectivity index (χ4n) is 4.30. The van der Waals surface area contributed by atoms with Crippen LogP contribution in [0.2, 0.25) is 0 Å². The maximum absolute atomic E-state index is 13.3. The Morgan fingerprint density at radius 3 is 2.11 bits per heavy atom. The van der Waals surface area contributed by atoms with Gasteiger partial charge in [-0.2, -0.15) is 0 Å². The Labute approximate surface area is 224 Å². The number of benzene rings is 3. The molecule has 0 heterocycles. The van der Waals surface area contributed by atoms with E-state index in [1.165, 1.54) is 18.2 Å². The second-order valence-corrected chi connectivity index (χ2v) is 9.22. The SMILES string of the molecule is CN(CCNC(=O)/C=C/c1ccc(F)cc1)[C@@H](CCCN)C(=O)NCC(c1ccccc1)c1ccccc1. The lowest BCUT2D eigenvalue weighted by atomic mass is 9.91. The van der Waals surface area contributed by atoms with Crippen LogP contribution in [-0.2, 0) is 9.59 Å². The number of halogens is 1. The molecule has 0 saturated carbocycles. The van der Waals surface area contributed by atoms with Crippen molar-refractivity contribution in [2.45, 2.75) is 24.8 Å².